The molecule has 3 aromatic heterocycles. The average molecular weight is 402 g/mol. The van der Waals surface area contributed by atoms with Gasteiger partial charge in [-0.15, -0.1) is 0 Å². The molecule has 1 aromatic carbocycles. The first kappa shape index (κ1) is 18.5. The Bertz CT molecular complexity index is 1180. The number of hydrogen-bond acceptors (Lipinski definition) is 7. The van der Waals surface area contributed by atoms with Gasteiger partial charge in [0.05, 0.1) is 25.4 Å². The summed E-state index contributed by atoms with van der Waals surface area (Å²) in [6.45, 7) is 2.99. The standard InChI is InChI=1S/C22H22N6O2/c23-20-17(2-1-9-24-20)21-25-18-7-8-19(27-10-12-30-13-11-27)26-22(18)28(21)16-5-3-15(14-29)4-6-16/h1-9,29H,10-14H2,(H2,23,24). The minimum atomic E-state index is -0.00715. The van der Waals surface area contributed by atoms with Gasteiger partial charge < -0.3 is 20.5 Å². The number of pyridine rings is 2. The summed E-state index contributed by atoms with van der Waals surface area (Å²) < 4.78 is 7.46. The predicted molar refractivity (Wildman–Crippen MR) is 115 cm³/mol. The van der Waals surface area contributed by atoms with Gasteiger partial charge in [0.1, 0.15) is 17.2 Å². The molecule has 152 valence electrons. The molecule has 1 aliphatic heterocycles. The Morgan fingerprint density at radius 3 is 2.53 bits per heavy atom. The first-order valence-electron chi connectivity index (χ1n) is 9.88. The summed E-state index contributed by atoms with van der Waals surface area (Å²) in [5.74, 6) is 1.98. The van der Waals surface area contributed by atoms with E-state index in [-0.39, 0.29) is 6.61 Å². The van der Waals surface area contributed by atoms with Crippen molar-refractivity contribution in [3.05, 3.63) is 60.3 Å². The normalized spacial score (nSPS) is 14.4. The lowest BCUT2D eigenvalue weighted by molar-refractivity contribution is 0.122. The maximum absolute atomic E-state index is 9.41. The highest BCUT2D eigenvalue weighted by atomic mass is 16.5. The van der Waals surface area contributed by atoms with Crippen LogP contribution in [0.2, 0.25) is 0 Å². The van der Waals surface area contributed by atoms with Crippen molar-refractivity contribution >= 4 is 22.8 Å². The minimum absolute atomic E-state index is 0.00715. The smallest absolute Gasteiger partial charge is 0.167 e. The number of nitrogens with zero attached hydrogens (tertiary/aromatic N) is 5. The van der Waals surface area contributed by atoms with Gasteiger partial charge in [0.15, 0.2) is 11.5 Å². The second kappa shape index (κ2) is 7.74. The second-order valence-electron chi connectivity index (χ2n) is 7.14. The van der Waals surface area contributed by atoms with Gasteiger partial charge in [-0.25, -0.2) is 15.0 Å². The maximum Gasteiger partial charge on any atom is 0.167 e. The number of fused-ring (bicyclic) bond motifs is 1. The van der Waals surface area contributed by atoms with Gasteiger partial charge in [-0.3, -0.25) is 4.57 Å². The molecule has 4 aromatic rings. The maximum atomic E-state index is 9.41. The highest BCUT2D eigenvalue weighted by Crippen LogP contribution is 2.31. The van der Waals surface area contributed by atoms with E-state index < -0.39 is 0 Å². The third kappa shape index (κ3) is 3.26. The zero-order chi connectivity index (χ0) is 20.5. The molecule has 0 spiro atoms. The van der Waals surface area contributed by atoms with Crippen LogP contribution in [0.15, 0.2) is 54.7 Å². The number of imidazole rings is 1. The molecule has 1 fully saturated rings. The lowest BCUT2D eigenvalue weighted by atomic mass is 10.2. The molecule has 8 heteroatoms. The van der Waals surface area contributed by atoms with E-state index in [1.165, 1.54) is 0 Å². The van der Waals surface area contributed by atoms with Gasteiger partial charge in [-0.05, 0) is 42.0 Å². The lowest BCUT2D eigenvalue weighted by Crippen LogP contribution is -2.36. The first-order chi connectivity index (χ1) is 14.7. The molecule has 1 saturated heterocycles. The number of benzene rings is 1. The van der Waals surface area contributed by atoms with Crippen LogP contribution in [-0.4, -0.2) is 50.9 Å². The summed E-state index contributed by atoms with van der Waals surface area (Å²) >= 11 is 0. The van der Waals surface area contributed by atoms with Crippen molar-refractivity contribution in [2.24, 2.45) is 0 Å². The number of nitrogens with two attached hydrogens (primary N) is 1. The summed E-state index contributed by atoms with van der Waals surface area (Å²) in [5.41, 5.74) is 10.2. The number of rotatable bonds is 4. The van der Waals surface area contributed by atoms with Crippen LogP contribution in [0.25, 0.3) is 28.2 Å². The zero-order valence-electron chi connectivity index (χ0n) is 16.4. The average Bonchev–Trinajstić information content (AvgIpc) is 3.18. The number of ether oxygens (including phenoxy) is 1. The summed E-state index contributed by atoms with van der Waals surface area (Å²) in [6, 6.07) is 15.4. The van der Waals surface area contributed by atoms with Gasteiger partial charge >= 0.3 is 0 Å². The Kier molecular flexibility index (Phi) is 4.78. The van der Waals surface area contributed by atoms with Crippen LogP contribution in [0.4, 0.5) is 11.6 Å². The van der Waals surface area contributed by atoms with E-state index in [9.17, 15) is 5.11 Å². The molecular formula is C22H22N6O2. The van der Waals surface area contributed by atoms with E-state index in [0.717, 1.165) is 46.9 Å². The van der Waals surface area contributed by atoms with E-state index in [0.29, 0.717) is 24.9 Å². The monoisotopic (exact) mass is 402 g/mol. The topological polar surface area (TPSA) is 102 Å². The van der Waals surface area contributed by atoms with Crippen molar-refractivity contribution in [1.82, 2.24) is 19.5 Å². The Hall–Kier alpha value is -3.49. The number of aromatic nitrogens is 4. The number of aliphatic hydroxyl groups is 1. The minimum Gasteiger partial charge on any atom is -0.392 e. The molecule has 30 heavy (non-hydrogen) atoms. The molecule has 4 heterocycles. The van der Waals surface area contributed by atoms with Gasteiger partial charge in [0.2, 0.25) is 0 Å². The van der Waals surface area contributed by atoms with Crippen LogP contribution < -0.4 is 10.6 Å². The van der Waals surface area contributed by atoms with Gasteiger partial charge in [0, 0.05) is 25.0 Å². The van der Waals surface area contributed by atoms with E-state index in [1.54, 1.807) is 6.20 Å². The molecule has 0 amide bonds. The largest absolute Gasteiger partial charge is 0.392 e. The summed E-state index contributed by atoms with van der Waals surface area (Å²) in [6.07, 6.45) is 1.66. The van der Waals surface area contributed by atoms with Gasteiger partial charge in [-0.2, -0.15) is 0 Å². The first-order valence-corrected chi connectivity index (χ1v) is 9.88. The van der Waals surface area contributed by atoms with E-state index in [1.807, 2.05) is 53.1 Å². The fraction of sp³-hybridized carbons (Fsp3) is 0.227. The van der Waals surface area contributed by atoms with Crippen LogP contribution in [0.5, 0.6) is 0 Å². The molecule has 8 nitrogen and oxygen atoms in total. The van der Waals surface area contributed by atoms with Crippen LogP contribution in [0.3, 0.4) is 0 Å². The number of hydrogen-bond donors (Lipinski definition) is 2. The molecule has 0 saturated carbocycles. The third-order valence-corrected chi connectivity index (χ3v) is 5.28. The van der Waals surface area contributed by atoms with E-state index in [4.69, 9.17) is 20.4 Å². The molecule has 0 aliphatic carbocycles. The van der Waals surface area contributed by atoms with E-state index in [2.05, 4.69) is 9.88 Å². The third-order valence-electron chi connectivity index (χ3n) is 5.28. The van der Waals surface area contributed by atoms with Crippen LogP contribution in [0.1, 0.15) is 5.56 Å². The lowest BCUT2D eigenvalue weighted by Gasteiger charge is -2.27. The molecule has 5 rings (SSSR count). The van der Waals surface area contributed by atoms with Crippen molar-refractivity contribution < 1.29 is 9.84 Å². The fourth-order valence-electron chi connectivity index (χ4n) is 3.70. The summed E-state index contributed by atoms with van der Waals surface area (Å²) in [4.78, 5) is 16.2. The van der Waals surface area contributed by atoms with Crippen molar-refractivity contribution in [3.8, 4) is 17.1 Å². The van der Waals surface area contributed by atoms with Crippen molar-refractivity contribution in [1.29, 1.82) is 0 Å². The Labute approximate surface area is 173 Å². The molecule has 1 aliphatic rings. The highest BCUT2D eigenvalue weighted by molar-refractivity contribution is 5.83. The Morgan fingerprint density at radius 2 is 1.80 bits per heavy atom. The number of nitrogen functional groups attached to an aromatic ring is 1. The van der Waals surface area contributed by atoms with Gasteiger partial charge in [0.25, 0.3) is 0 Å². The molecular weight excluding hydrogens is 380 g/mol. The van der Waals surface area contributed by atoms with Crippen LogP contribution in [0, 0.1) is 0 Å². The van der Waals surface area contributed by atoms with Crippen molar-refractivity contribution in [2.45, 2.75) is 6.61 Å². The summed E-state index contributed by atoms with van der Waals surface area (Å²) in [7, 11) is 0. The fourth-order valence-corrected chi connectivity index (χ4v) is 3.70. The van der Waals surface area contributed by atoms with Crippen molar-refractivity contribution in [2.75, 3.05) is 36.9 Å². The highest BCUT2D eigenvalue weighted by Gasteiger charge is 2.20. The van der Waals surface area contributed by atoms with Crippen molar-refractivity contribution in [3.63, 3.8) is 0 Å². The molecule has 3 N–H and O–H groups in total. The SMILES string of the molecule is Nc1ncccc1-c1nc2ccc(N3CCOCC3)nc2n1-c1ccc(CO)cc1. The second-order valence-corrected chi connectivity index (χ2v) is 7.14. The van der Waals surface area contributed by atoms with Gasteiger partial charge in [-0.1, -0.05) is 12.1 Å². The Morgan fingerprint density at radius 1 is 1.00 bits per heavy atom. The number of morpholine rings is 1. The number of aliphatic hydroxyl groups excluding tert-OH is 1. The summed E-state index contributed by atoms with van der Waals surface area (Å²) in [5, 5.41) is 9.41. The number of anilines is 2. The Balaban J connectivity index is 1.72. The molecule has 0 radical (unpaired) electrons. The van der Waals surface area contributed by atoms with E-state index >= 15 is 0 Å². The van der Waals surface area contributed by atoms with Crippen LogP contribution >= 0.6 is 0 Å². The van der Waals surface area contributed by atoms with Crippen LogP contribution in [-0.2, 0) is 11.3 Å². The molecule has 0 atom stereocenters. The molecule has 0 bridgehead atoms. The quantitative estimate of drug-likeness (QED) is 0.540. The molecule has 0 unspecified atom stereocenters. The zero-order valence-corrected chi connectivity index (χ0v) is 16.4. The predicted octanol–water partition coefficient (Wildman–Crippen LogP) is 2.39.